The van der Waals surface area contributed by atoms with Gasteiger partial charge in [-0.25, -0.2) is 4.98 Å². The van der Waals surface area contributed by atoms with Crippen molar-refractivity contribution in [2.75, 3.05) is 6.61 Å². The van der Waals surface area contributed by atoms with Gasteiger partial charge in [-0.2, -0.15) is 0 Å². The smallest absolute Gasteiger partial charge is 0.288 e. The largest absolute Gasteiger partial charge is 0.478 e. The second-order valence-electron chi connectivity index (χ2n) is 4.92. The van der Waals surface area contributed by atoms with E-state index < -0.39 is 4.92 Å². The van der Waals surface area contributed by atoms with Crippen LogP contribution in [0, 0.1) is 10.1 Å². The highest BCUT2D eigenvalue weighted by atomic mass is 35.5. The van der Waals surface area contributed by atoms with Crippen LogP contribution in [0.3, 0.4) is 0 Å². The van der Waals surface area contributed by atoms with Crippen LogP contribution in [-0.2, 0) is 11.3 Å². The molecule has 0 saturated heterocycles. The number of hydrogen-bond acceptors (Lipinski definition) is 5. The van der Waals surface area contributed by atoms with E-state index in [1.807, 2.05) is 13.0 Å². The number of nitro benzene ring substituents is 1. The number of pyridine rings is 1. The van der Waals surface area contributed by atoms with E-state index in [0.29, 0.717) is 18.1 Å². The van der Waals surface area contributed by atoms with Gasteiger partial charge in [-0.15, -0.1) is 0 Å². The lowest BCUT2D eigenvalue weighted by molar-refractivity contribution is -0.384. The molecule has 8 heteroatoms. The van der Waals surface area contributed by atoms with Crippen LogP contribution >= 0.6 is 11.6 Å². The third-order valence-electron chi connectivity index (χ3n) is 3.18. The van der Waals surface area contributed by atoms with Crippen molar-refractivity contribution in [1.82, 2.24) is 10.3 Å². The summed E-state index contributed by atoms with van der Waals surface area (Å²) < 4.78 is 5.39. The minimum Gasteiger partial charge on any atom is -0.478 e. The monoisotopic (exact) mass is 361 g/mol. The van der Waals surface area contributed by atoms with E-state index in [9.17, 15) is 14.9 Å². The molecule has 2 aromatic rings. The standard InChI is InChI=1S/C17H16ClN3O4/c1-2-25-17-13(4-3-9-19-17)11-20-16(22)8-6-12-5-7-14(18)15(10-12)21(23)24/h3-10H,2,11H2,1H3,(H,20,22)/b8-6+. The van der Waals surface area contributed by atoms with Crippen molar-refractivity contribution in [1.29, 1.82) is 0 Å². The first-order chi connectivity index (χ1) is 12.0. The Bertz CT molecular complexity index is 808. The predicted molar refractivity (Wildman–Crippen MR) is 94.4 cm³/mol. The molecular formula is C17H16ClN3O4. The molecule has 0 unspecified atom stereocenters. The zero-order chi connectivity index (χ0) is 18.2. The van der Waals surface area contributed by atoms with E-state index >= 15 is 0 Å². The summed E-state index contributed by atoms with van der Waals surface area (Å²) >= 11 is 5.75. The summed E-state index contributed by atoms with van der Waals surface area (Å²) in [6, 6.07) is 7.88. The fourth-order valence-electron chi connectivity index (χ4n) is 2.01. The summed E-state index contributed by atoms with van der Waals surface area (Å²) in [4.78, 5) is 26.3. The van der Waals surface area contributed by atoms with Crippen LogP contribution in [0.4, 0.5) is 5.69 Å². The first-order valence-electron chi connectivity index (χ1n) is 7.47. The molecule has 0 aliphatic rings. The zero-order valence-electron chi connectivity index (χ0n) is 13.4. The molecule has 2 rings (SSSR count). The molecular weight excluding hydrogens is 346 g/mol. The van der Waals surface area contributed by atoms with E-state index in [1.165, 1.54) is 24.3 Å². The van der Waals surface area contributed by atoms with Crippen molar-refractivity contribution >= 4 is 29.3 Å². The summed E-state index contributed by atoms with van der Waals surface area (Å²) in [5.74, 6) is 0.131. The van der Waals surface area contributed by atoms with Crippen LogP contribution in [-0.4, -0.2) is 22.4 Å². The maximum Gasteiger partial charge on any atom is 0.288 e. The van der Waals surface area contributed by atoms with Gasteiger partial charge in [0.1, 0.15) is 5.02 Å². The fraction of sp³-hybridized carbons (Fsp3) is 0.176. The third-order valence-corrected chi connectivity index (χ3v) is 3.50. The number of amides is 1. The predicted octanol–water partition coefficient (Wildman–Crippen LogP) is 3.37. The van der Waals surface area contributed by atoms with Crippen molar-refractivity contribution < 1.29 is 14.5 Å². The molecule has 1 aromatic heterocycles. The van der Waals surface area contributed by atoms with Crippen LogP contribution in [0.2, 0.25) is 5.02 Å². The number of nitro groups is 1. The number of nitrogens with zero attached hydrogens (tertiary/aromatic N) is 2. The molecule has 0 aliphatic heterocycles. The lowest BCUT2D eigenvalue weighted by Crippen LogP contribution is -2.20. The summed E-state index contributed by atoms with van der Waals surface area (Å²) in [6.45, 7) is 2.59. The third kappa shape index (κ3) is 5.29. The van der Waals surface area contributed by atoms with Gasteiger partial charge in [0.2, 0.25) is 11.8 Å². The van der Waals surface area contributed by atoms with E-state index in [0.717, 1.165) is 5.56 Å². The second-order valence-corrected chi connectivity index (χ2v) is 5.33. The van der Waals surface area contributed by atoms with Gasteiger partial charge in [0.25, 0.3) is 5.69 Å². The summed E-state index contributed by atoms with van der Waals surface area (Å²) in [6.07, 6.45) is 4.39. The molecule has 0 saturated carbocycles. The van der Waals surface area contributed by atoms with Gasteiger partial charge in [0, 0.05) is 30.4 Å². The molecule has 0 aliphatic carbocycles. The maximum absolute atomic E-state index is 11.9. The molecule has 130 valence electrons. The number of aromatic nitrogens is 1. The Hall–Kier alpha value is -2.93. The molecule has 1 N–H and O–H groups in total. The molecule has 0 fully saturated rings. The number of rotatable bonds is 7. The lowest BCUT2D eigenvalue weighted by atomic mass is 10.2. The van der Waals surface area contributed by atoms with Crippen molar-refractivity contribution in [2.45, 2.75) is 13.5 Å². The van der Waals surface area contributed by atoms with Crippen molar-refractivity contribution in [2.24, 2.45) is 0 Å². The molecule has 1 aromatic carbocycles. The highest BCUT2D eigenvalue weighted by molar-refractivity contribution is 6.32. The average Bonchev–Trinajstić information content (AvgIpc) is 2.60. The first kappa shape index (κ1) is 18.4. The molecule has 1 amide bonds. The molecule has 0 spiro atoms. The maximum atomic E-state index is 11.9. The second kappa shape index (κ2) is 8.79. The SMILES string of the molecule is CCOc1ncccc1CNC(=O)/C=C/c1ccc(Cl)c([N+](=O)[O-])c1. The van der Waals surface area contributed by atoms with Gasteiger partial charge in [-0.1, -0.05) is 23.7 Å². The summed E-state index contributed by atoms with van der Waals surface area (Å²) in [5.41, 5.74) is 1.05. The zero-order valence-corrected chi connectivity index (χ0v) is 14.2. The highest BCUT2D eigenvalue weighted by Gasteiger charge is 2.11. The summed E-state index contributed by atoms with van der Waals surface area (Å²) in [7, 11) is 0. The summed E-state index contributed by atoms with van der Waals surface area (Å²) in [5, 5.41) is 13.6. The van der Waals surface area contributed by atoms with Gasteiger partial charge in [0.15, 0.2) is 0 Å². The van der Waals surface area contributed by atoms with Gasteiger partial charge >= 0.3 is 0 Å². The number of benzene rings is 1. The number of ether oxygens (including phenoxy) is 1. The molecule has 0 atom stereocenters. The van der Waals surface area contributed by atoms with Crippen LogP contribution in [0.25, 0.3) is 6.08 Å². The topological polar surface area (TPSA) is 94.4 Å². The van der Waals surface area contributed by atoms with Crippen molar-refractivity contribution in [3.63, 3.8) is 0 Å². The number of carbonyl (C=O) groups excluding carboxylic acids is 1. The van der Waals surface area contributed by atoms with Gasteiger partial charge in [-0.3, -0.25) is 14.9 Å². The lowest BCUT2D eigenvalue weighted by Gasteiger charge is -2.08. The Kier molecular flexibility index (Phi) is 6.47. The number of carbonyl (C=O) groups is 1. The van der Waals surface area contributed by atoms with Crippen molar-refractivity contribution in [3.8, 4) is 5.88 Å². The minimum atomic E-state index is -0.572. The van der Waals surface area contributed by atoms with E-state index in [1.54, 1.807) is 18.3 Å². The number of hydrogen-bond donors (Lipinski definition) is 1. The molecule has 7 nitrogen and oxygen atoms in total. The Morgan fingerprint density at radius 3 is 2.96 bits per heavy atom. The Balaban J connectivity index is 2.00. The highest BCUT2D eigenvalue weighted by Crippen LogP contribution is 2.25. The van der Waals surface area contributed by atoms with Gasteiger partial charge in [0.05, 0.1) is 11.5 Å². The average molecular weight is 362 g/mol. The fourth-order valence-corrected chi connectivity index (χ4v) is 2.20. The van der Waals surface area contributed by atoms with Crippen LogP contribution in [0.15, 0.2) is 42.6 Å². The molecule has 25 heavy (non-hydrogen) atoms. The van der Waals surface area contributed by atoms with E-state index in [-0.39, 0.29) is 23.2 Å². The van der Waals surface area contributed by atoms with E-state index in [4.69, 9.17) is 16.3 Å². The Morgan fingerprint density at radius 1 is 1.44 bits per heavy atom. The van der Waals surface area contributed by atoms with E-state index in [2.05, 4.69) is 10.3 Å². The molecule has 1 heterocycles. The minimum absolute atomic E-state index is 0.0478. The Labute approximate surface area is 149 Å². The number of nitrogens with one attached hydrogen (secondary N) is 1. The van der Waals surface area contributed by atoms with Crippen molar-refractivity contribution in [3.05, 3.63) is 68.9 Å². The first-order valence-corrected chi connectivity index (χ1v) is 7.85. The Morgan fingerprint density at radius 2 is 2.24 bits per heavy atom. The van der Waals surface area contributed by atoms with Crippen LogP contribution in [0.1, 0.15) is 18.1 Å². The van der Waals surface area contributed by atoms with Gasteiger partial charge < -0.3 is 10.1 Å². The van der Waals surface area contributed by atoms with Gasteiger partial charge in [-0.05, 0) is 30.7 Å². The quantitative estimate of drug-likeness (QED) is 0.463. The molecule has 0 radical (unpaired) electrons. The van der Waals surface area contributed by atoms with Crippen LogP contribution < -0.4 is 10.1 Å². The normalized spacial score (nSPS) is 10.6. The number of halogens is 1. The van der Waals surface area contributed by atoms with Crippen LogP contribution in [0.5, 0.6) is 5.88 Å². The molecule has 0 bridgehead atoms.